The zero-order valence-corrected chi connectivity index (χ0v) is 17.1. The van der Waals surface area contributed by atoms with Crippen molar-refractivity contribution in [1.82, 2.24) is 15.1 Å². The third-order valence-corrected chi connectivity index (χ3v) is 5.64. The smallest absolute Gasteiger partial charge is 0.350 e. The van der Waals surface area contributed by atoms with Crippen molar-refractivity contribution in [2.24, 2.45) is 0 Å². The summed E-state index contributed by atoms with van der Waals surface area (Å²) in [4.78, 5) is 34.2. The number of benzene rings is 1. The van der Waals surface area contributed by atoms with Gasteiger partial charge in [0.2, 0.25) is 5.89 Å². The molecule has 2 heterocycles. The largest absolute Gasteiger partial charge is 0.462 e. The molecule has 0 unspecified atom stereocenters. The van der Waals surface area contributed by atoms with E-state index in [0.29, 0.717) is 38.7 Å². The topological polar surface area (TPSA) is 107 Å². The fourth-order valence-corrected chi connectivity index (χ4v) is 4.06. The van der Waals surface area contributed by atoms with Gasteiger partial charge in [0.25, 0.3) is 5.91 Å². The van der Waals surface area contributed by atoms with Crippen molar-refractivity contribution >= 4 is 40.1 Å². The highest BCUT2D eigenvalue weighted by atomic mass is 32.2. The minimum Gasteiger partial charge on any atom is -0.462 e. The average molecular weight is 419 g/mol. The highest BCUT2D eigenvalue weighted by Gasteiger charge is 2.19. The number of carbonyl (C=O) groups excluding carboxylic acids is 2. The van der Waals surface area contributed by atoms with Crippen molar-refractivity contribution in [2.45, 2.75) is 31.4 Å². The monoisotopic (exact) mass is 418 g/mol. The summed E-state index contributed by atoms with van der Waals surface area (Å²) in [6.07, 6.45) is 0. The van der Waals surface area contributed by atoms with Gasteiger partial charge in [-0.15, -0.1) is 11.8 Å². The first-order valence-corrected chi connectivity index (χ1v) is 10.2. The molecule has 0 atom stereocenters. The Bertz CT molecular complexity index is 999. The summed E-state index contributed by atoms with van der Waals surface area (Å²) in [6, 6.07) is 7.21. The number of carbonyl (C=O) groups is 2. The lowest BCUT2D eigenvalue weighted by Crippen LogP contribution is -2.12. The number of aryl methyl sites for hydroxylation is 2. The van der Waals surface area contributed by atoms with Crippen LogP contribution in [0, 0.1) is 13.8 Å². The Balaban J connectivity index is 1.72. The third-order valence-electron chi connectivity index (χ3n) is 3.53. The molecule has 0 bridgehead atoms. The number of nitrogens with zero attached hydrogens (tertiary/aromatic N) is 3. The van der Waals surface area contributed by atoms with E-state index in [1.807, 2.05) is 12.1 Å². The molecule has 0 spiro atoms. The van der Waals surface area contributed by atoms with Gasteiger partial charge in [0.15, 0.2) is 11.0 Å². The van der Waals surface area contributed by atoms with Gasteiger partial charge in [-0.05, 0) is 32.9 Å². The lowest BCUT2D eigenvalue weighted by Gasteiger charge is -2.07. The maximum atomic E-state index is 12.7. The lowest BCUT2D eigenvalue weighted by molar-refractivity contribution is 0.0531. The molecule has 0 saturated heterocycles. The maximum Gasteiger partial charge on any atom is 0.350 e. The first-order chi connectivity index (χ1) is 13.5. The number of thiazole rings is 1. The first-order valence-electron chi connectivity index (χ1n) is 8.44. The molecule has 8 nitrogen and oxygen atoms in total. The molecule has 0 aliphatic heterocycles. The fraction of sp³-hybridized carbons (Fsp3) is 0.278. The fourth-order valence-electron chi connectivity index (χ4n) is 2.32. The highest BCUT2D eigenvalue weighted by Crippen LogP contribution is 2.28. The van der Waals surface area contributed by atoms with E-state index in [1.165, 1.54) is 11.8 Å². The van der Waals surface area contributed by atoms with E-state index in [1.54, 1.807) is 32.9 Å². The number of anilines is 1. The standard InChI is InChI=1S/C18H18N4O4S2/c1-4-25-17(24)15-10(2)19-18(28-15)21-16(23)12-7-5-6-8-13(12)27-9-14-20-11(3)22-26-14/h5-8H,4,9H2,1-3H3,(H,19,21,23). The van der Waals surface area contributed by atoms with Gasteiger partial charge in [0, 0.05) is 4.90 Å². The zero-order chi connectivity index (χ0) is 20.1. The molecule has 3 rings (SSSR count). The summed E-state index contributed by atoms with van der Waals surface area (Å²) >= 11 is 2.52. The molecular weight excluding hydrogens is 400 g/mol. The zero-order valence-electron chi connectivity index (χ0n) is 15.5. The maximum absolute atomic E-state index is 12.7. The second-order valence-corrected chi connectivity index (χ2v) is 7.64. The van der Waals surface area contributed by atoms with Crippen LogP contribution in [-0.4, -0.2) is 33.6 Å². The number of hydrogen-bond donors (Lipinski definition) is 1. The van der Waals surface area contributed by atoms with Crippen LogP contribution in [0.5, 0.6) is 0 Å². The summed E-state index contributed by atoms with van der Waals surface area (Å²) in [6.45, 7) is 5.47. The minimum atomic E-state index is -0.441. The quantitative estimate of drug-likeness (QED) is 0.455. The number of rotatable bonds is 7. The predicted molar refractivity (Wildman–Crippen MR) is 106 cm³/mol. The van der Waals surface area contributed by atoms with Crippen LogP contribution in [0.25, 0.3) is 0 Å². The summed E-state index contributed by atoms with van der Waals surface area (Å²) in [5.74, 6) is 0.761. The van der Waals surface area contributed by atoms with Gasteiger partial charge in [0.1, 0.15) is 4.88 Å². The Hall–Kier alpha value is -2.72. The van der Waals surface area contributed by atoms with Gasteiger partial charge in [0.05, 0.1) is 23.6 Å². The highest BCUT2D eigenvalue weighted by molar-refractivity contribution is 7.98. The van der Waals surface area contributed by atoms with Gasteiger partial charge in [-0.1, -0.05) is 28.6 Å². The summed E-state index contributed by atoms with van der Waals surface area (Å²) in [5.41, 5.74) is 1.02. The molecule has 0 radical (unpaired) electrons. The van der Waals surface area contributed by atoms with Crippen LogP contribution in [0.15, 0.2) is 33.7 Å². The molecule has 1 N–H and O–H groups in total. The van der Waals surface area contributed by atoms with Gasteiger partial charge >= 0.3 is 5.97 Å². The molecule has 0 aliphatic carbocycles. The van der Waals surface area contributed by atoms with Gasteiger partial charge < -0.3 is 9.26 Å². The van der Waals surface area contributed by atoms with Crippen molar-refractivity contribution < 1.29 is 18.8 Å². The number of ether oxygens (including phenoxy) is 1. The van der Waals surface area contributed by atoms with Crippen LogP contribution in [0.4, 0.5) is 5.13 Å². The van der Waals surface area contributed by atoms with E-state index in [0.717, 1.165) is 16.2 Å². The Labute approximate surface area is 169 Å². The van der Waals surface area contributed by atoms with Crippen LogP contribution >= 0.6 is 23.1 Å². The molecule has 2 aromatic heterocycles. The molecule has 146 valence electrons. The number of hydrogen-bond acceptors (Lipinski definition) is 9. The Kier molecular flexibility index (Phi) is 6.42. The third kappa shape index (κ3) is 4.76. The van der Waals surface area contributed by atoms with E-state index in [4.69, 9.17) is 9.26 Å². The number of amides is 1. The number of nitrogens with one attached hydrogen (secondary N) is 1. The number of esters is 1. The molecule has 1 aromatic carbocycles. The summed E-state index contributed by atoms with van der Waals surface area (Å²) in [5, 5.41) is 6.86. The van der Waals surface area contributed by atoms with Crippen LogP contribution in [-0.2, 0) is 10.5 Å². The summed E-state index contributed by atoms with van der Waals surface area (Å²) in [7, 11) is 0. The lowest BCUT2D eigenvalue weighted by atomic mass is 10.2. The predicted octanol–water partition coefficient (Wildman–Crippen LogP) is 3.86. The van der Waals surface area contributed by atoms with Crippen LogP contribution in [0.3, 0.4) is 0 Å². The Morgan fingerprint density at radius 1 is 1.25 bits per heavy atom. The summed E-state index contributed by atoms with van der Waals surface area (Å²) < 4.78 is 10.1. The van der Waals surface area contributed by atoms with E-state index in [-0.39, 0.29) is 12.5 Å². The molecule has 0 saturated carbocycles. The SMILES string of the molecule is CCOC(=O)c1sc(NC(=O)c2ccccc2SCc2nc(C)no2)nc1C. The van der Waals surface area contributed by atoms with Crippen LogP contribution < -0.4 is 5.32 Å². The van der Waals surface area contributed by atoms with Crippen molar-refractivity contribution in [1.29, 1.82) is 0 Å². The second-order valence-electron chi connectivity index (χ2n) is 5.63. The number of thioether (sulfide) groups is 1. The second kappa shape index (κ2) is 8.98. The first kappa shape index (κ1) is 20.0. The van der Waals surface area contributed by atoms with E-state index in [9.17, 15) is 9.59 Å². The van der Waals surface area contributed by atoms with Crippen molar-refractivity contribution in [3.8, 4) is 0 Å². The molecule has 0 aliphatic rings. The van der Waals surface area contributed by atoms with Gasteiger partial charge in [-0.25, -0.2) is 9.78 Å². The van der Waals surface area contributed by atoms with Crippen molar-refractivity contribution in [3.05, 3.63) is 52.1 Å². The molecular formula is C18H18N4O4S2. The molecule has 0 fully saturated rings. The average Bonchev–Trinajstić information content (AvgIpc) is 3.25. The van der Waals surface area contributed by atoms with Crippen LogP contribution in [0.2, 0.25) is 0 Å². The molecule has 28 heavy (non-hydrogen) atoms. The molecule has 3 aromatic rings. The molecule has 10 heteroatoms. The van der Waals surface area contributed by atoms with E-state index in [2.05, 4.69) is 20.4 Å². The van der Waals surface area contributed by atoms with Crippen molar-refractivity contribution in [2.75, 3.05) is 11.9 Å². The van der Waals surface area contributed by atoms with Crippen molar-refractivity contribution in [3.63, 3.8) is 0 Å². The minimum absolute atomic E-state index is 0.280. The van der Waals surface area contributed by atoms with E-state index < -0.39 is 5.97 Å². The van der Waals surface area contributed by atoms with E-state index >= 15 is 0 Å². The van der Waals surface area contributed by atoms with Gasteiger partial charge in [-0.2, -0.15) is 4.98 Å². The Morgan fingerprint density at radius 2 is 2.04 bits per heavy atom. The number of aromatic nitrogens is 3. The normalized spacial score (nSPS) is 10.7. The van der Waals surface area contributed by atoms with Gasteiger partial charge in [-0.3, -0.25) is 10.1 Å². The molecule has 1 amide bonds. The van der Waals surface area contributed by atoms with Crippen LogP contribution in [0.1, 0.15) is 44.4 Å². The Morgan fingerprint density at radius 3 is 2.75 bits per heavy atom.